The van der Waals surface area contributed by atoms with E-state index in [1.165, 1.54) is 0 Å². The van der Waals surface area contributed by atoms with Crippen molar-refractivity contribution in [2.75, 3.05) is 13.1 Å². The molecule has 0 unspecified atom stereocenters. The summed E-state index contributed by atoms with van der Waals surface area (Å²) in [5.74, 6) is 1.07. The van der Waals surface area contributed by atoms with Gasteiger partial charge in [-0.3, -0.25) is 9.59 Å². The maximum absolute atomic E-state index is 13.0. The van der Waals surface area contributed by atoms with Gasteiger partial charge in [0.1, 0.15) is 5.75 Å². The summed E-state index contributed by atoms with van der Waals surface area (Å²) in [6, 6.07) is 19.0. The SMILES string of the molecule is O=C(NC1CCN(C(=O)C2CC2)CC1)[C@H](Oc1ccccc1)c1ccccc1. The molecular formula is C23H26N2O3. The van der Waals surface area contributed by atoms with Crippen molar-refractivity contribution in [1.29, 1.82) is 0 Å². The third kappa shape index (κ3) is 4.53. The van der Waals surface area contributed by atoms with E-state index in [1.807, 2.05) is 65.6 Å². The Kier molecular flexibility index (Phi) is 5.60. The number of nitrogens with one attached hydrogen (secondary N) is 1. The largest absolute Gasteiger partial charge is 0.476 e. The van der Waals surface area contributed by atoms with Gasteiger partial charge in [0.05, 0.1) is 0 Å². The van der Waals surface area contributed by atoms with Crippen LogP contribution in [-0.2, 0) is 9.59 Å². The van der Waals surface area contributed by atoms with Gasteiger partial charge in [-0.15, -0.1) is 0 Å². The van der Waals surface area contributed by atoms with Crippen molar-refractivity contribution in [3.8, 4) is 5.75 Å². The lowest BCUT2D eigenvalue weighted by molar-refractivity contribution is -0.134. The molecule has 0 spiro atoms. The lowest BCUT2D eigenvalue weighted by Gasteiger charge is -2.33. The molecule has 5 nitrogen and oxygen atoms in total. The van der Waals surface area contributed by atoms with Crippen LogP contribution in [0, 0.1) is 5.92 Å². The van der Waals surface area contributed by atoms with E-state index in [4.69, 9.17) is 4.74 Å². The fourth-order valence-electron chi connectivity index (χ4n) is 3.65. The van der Waals surface area contributed by atoms with Gasteiger partial charge in [-0.1, -0.05) is 48.5 Å². The van der Waals surface area contributed by atoms with E-state index in [0.29, 0.717) is 11.7 Å². The first-order valence-electron chi connectivity index (χ1n) is 10.1. The number of nitrogens with zero attached hydrogens (tertiary/aromatic N) is 1. The van der Waals surface area contributed by atoms with Crippen LogP contribution in [0.25, 0.3) is 0 Å². The number of carbonyl (C=O) groups excluding carboxylic acids is 2. The van der Waals surface area contributed by atoms with Gasteiger partial charge in [0.15, 0.2) is 0 Å². The van der Waals surface area contributed by atoms with Gasteiger partial charge in [-0.05, 0) is 37.8 Å². The second kappa shape index (κ2) is 8.46. The first kappa shape index (κ1) is 18.5. The highest BCUT2D eigenvalue weighted by molar-refractivity contribution is 5.83. The topological polar surface area (TPSA) is 58.6 Å². The summed E-state index contributed by atoms with van der Waals surface area (Å²) < 4.78 is 6.03. The Hall–Kier alpha value is -2.82. The minimum Gasteiger partial charge on any atom is -0.476 e. The molecule has 1 N–H and O–H groups in total. The molecule has 0 bridgehead atoms. The molecular weight excluding hydrogens is 352 g/mol. The normalized spacial score (nSPS) is 18.4. The smallest absolute Gasteiger partial charge is 0.266 e. The Labute approximate surface area is 165 Å². The van der Waals surface area contributed by atoms with Crippen LogP contribution in [0.1, 0.15) is 37.4 Å². The van der Waals surface area contributed by atoms with E-state index in [-0.39, 0.29) is 17.9 Å². The predicted molar refractivity (Wildman–Crippen MR) is 107 cm³/mol. The molecule has 1 saturated carbocycles. The zero-order chi connectivity index (χ0) is 19.3. The van der Waals surface area contributed by atoms with Gasteiger partial charge in [0, 0.05) is 30.6 Å². The molecule has 2 fully saturated rings. The second-order valence-electron chi connectivity index (χ2n) is 7.60. The number of para-hydroxylation sites is 1. The quantitative estimate of drug-likeness (QED) is 0.839. The molecule has 5 heteroatoms. The first-order chi connectivity index (χ1) is 13.7. The zero-order valence-corrected chi connectivity index (χ0v) is 15.9. The van der Waals surface area contributed by atoms with Crippen molar-refractivity contribution in [3.63, 3.8) is 0 Å². The molecule has 4 rings (SSSR count). The van der Waals surface area contributed by atoms with E-state index in [2.05, 4.69) is 5.32 Å². The Bertz CT molecular complexity index is 797. The molecule has 0 aromatic heterocycles. The average molecular weight is 378 g/mol. The van der Waals surface area contributed by atoms with Crippen LogP contribution in [0.2, 0.25) is 0 Å². The van der Waals surface area contributed by atoms with E-state index in [0.717, 1.165) is 44.3 Å². The number of hydrogen-bond donors (Lipinski definition) is 1. The molecule has 1 aliphatic carbocycles. The van der Waals surface area contributed by atoms with Gasteiger partial charge < -0.3 is 15.0 Å². The molecule has 1 saturated heterocycles. The highest BCUT2D eigenvalue weighted by Gasteiger charge is 2.35. The van der Waals surface area contributed by atoms with Crippen molar-refractivity contribution in [3.05, 3.63) is 66.2 Å². The van der Waals surface area contributed by atoms with Gasteiger partial charge >= 0.3 is 0 Å². The lowest BCUT2D eigenvalue weighted by Crippen LogP contribution is -2.48. The summed E-state index contributed by atoms with van der Waals surface area (Å²) in [5, 5.41) is 3.14. The molecule has 2 amide bonds. The number of ether oxygens (including phenoxy) is 1. The number of amides is 2. The fraction of sp³-hybridized carbons (Fsp3) is 0.391. The van der Waals surface area contributed by atoms with Gasteiger partial charge in [-0.25, -0.2) is 0 Å². The number of hydrogen-bond acceptors (Lipinski definition) is 3. The summed E-state index contributed by atoms with van der Waals surface area (Å²) in [5.41, 5.74) is 0.824. The monoisotopic (exact) mass is 378 g/mol. The molecule has 28 heavy (non-hydrogen) atoms. The van der Waals surface area contributed by atoms with Crippen LogP contribution in [0.4, 0.5) is 0 Å². The van der Waals surface area contributed by atoms with E-state index in [1.54, 1.807) is 0 Å². The van der Waals surface area contributed by atoms with Crippen molar-refractivity contribution >= 4 is 11.8 Å². The third-order valence-corrected chi connectivity index (χ3v) is 5.42. The van der Waals surface area contributed by atoms with Crippen LogP contribution in [0.3, 0.4) is 0 Å². The molecule has 2 aliphatic rings. The maximum Gasteiger partial charge on any atom is 0.266 e. The van der Waals surface area contributed by atoms with Gasteiger partial charge in [-0.2, -0.15) is 0 Å². The van der Waals surface area contributed by atoms with Gasteiger partial charge in [0.25, 0.3) is 5.91 Å². The second-order valence-corrected chi connectivity index (χ2v) is 7.60. The number of carbonyl (C=O) groups is 2. The number of likely N-dealkylation sites (tertiary alicyclic amines) is 1. The molecule has 1 aliphatic heterocycles. The van der Waals surface area contributed by atoms with Crippen molar-refractivity contribution in [2.45, 2.75) is 37.8 Å². The lowest BCUT2D eigenvalue weighted by atomic mass is 10.0. The number of benzene rings is 2. The molecule has 0 radical (unpaired) electrons. The van der Waals surface area contributed by atoms with E-state index in [9.17, 15) is 9.59 Å². The van der Waals surface area contributed by atoms with Crippen molar-refractivity contribution in [2.24, 2.45) is 5.92 Å². The summed E-state index contributed by atoms with van der Waals surface area (Å²) in [7, 11) is 0. The Morgan fingerprint density at radius 3 is 2.11 bits per heavy atom. The van der Waals surface area contributed by atoms with Crippen LogP contribution in [0.15, 0.2) is 60.7 Å². The average Bonchev–Trinajstić information content (AvgIpc) is 3.59. The summed E-state index contributed by atoms with van der Waals surface area (Å²) in [4.78, 5) is 27.2. The van der Waals surface area contributed by atoms with Crippen molar-refractivity contribution in [1.82, 2.24) is 10.2 Å². The minimum absolute atomic E-state index is 0.0707. The van der Waals surface area contributed by atoms with Crippen LogP contribution in [0.5, 0.6) is 5.75 Å². The predicted octanol–water partition coefficient (Wildman–Crippen LogP) is 3.32. The molecule has 2 aromatic rings. The summed E-state index contributed by atoms with van der Waals surface area (Å²) in [6.07, 6.45) is 2.94. The van der Waals surface area contributed by atoms with Crippen LogP contribution < -0.4 is 10.1 Å². The van der Waals surface area contributed by atoms with E-state index >= 15 is 0 Å². The zero-order valence-electron chi connectivity index (χ0n) is 15.9. The van der Waals surface area contributed by atoms with Crippen LogP contribution in [-0.4, -0.2) is 35.8 Å². The van der Waals surface area contributed by atoms with E-state index < -0.39 is 6.10 Å². The highest BCUT2D eigenvalue weighted by Crippen LogP contribution is 2.32. The minimum atomic E-state index is -0.699. The highest BCUT2D eigenvalue weighted by atomic mass is 16.5. The Morgan fingerprint density at radius 1 is 0.893 bits per heavy atom. The third-order valence-electron chi connectivity index (χ3n) is 5.42. The number of piperidine rings is 1. The molecule has 1 atom stereocenters. The molecule has 2 aromatic carbocycles. The van der Waals surface area contributed by atoms with Gasteiger partial charge in [0.2, 0.25) is 12.0 Å². The first-order valence-corrected chi connectivity index (χ1v) is 10.1. The Morgan fingerprint density at radius 2 is 1.50 bits per heavy atom. The fourth-order valence-corrected chi connectivity index (χ4v) is 3.65. The molecule has 1 heterocycles. The summed E-state index contributed by atoms with van der Waals surface area (Å²) in [6.45, 7) is 1.44. The van der Waals surface area contributed by atoms with Crippen molar-refractivity contribution < 1.29 is 14.3 Å². The number of rotatable bonds is 6. The Balaban J connectivity index is 1.39. The standard InChI is InChI=1S/C23H26N2O3/c26-22(24-19-13-15-25(16-14-19)23(27)18-11-12-18)21(17-7-3-1-4-8-17)28-20-9-5-2-6-10-20/h1-10,18-19,21H,11-16H2,(H,24,26)/t21-/m1/s1. The maximum atomic E-state index is 13.0. The molecule has 146 valence electrons. The summed E-state index contributed by atoms with van der Waals surface area (Å²) >= 11 is 0. The van der Waals surface area contributed by atoms with Crippen LogP contribution >= 0.6 is 0 Å².